The molecule has 0 bridgehead atoms. The Morgan fingerprint density at radius 3 is 2.67 bits per heavy atom. The first-order chi connectivity index (χ1) is 8.36. The number of thiazole rings is 1. The van der Waals surface area contributed by atoms with Crippen LogP contribution in [0.4, 0.5) is 15.3 Å². The summed E-state index contributed by atoms with van der Waals surface area (Å²) in [6, 6.07) is 1.37. The van der Waals surface area contributed by atoms with Gasteiger partial charge < -0.3 is 5.32 Å². The van der Waals surface area contributed by atoms with E-state index in [1.807, 2.05) is 5.38 Å². The highest BCUT2D eigenvalue weighted by atomic mass is 79.9. The molecule has 18 heavy (non-hydrogen) atoms. The zero-order chi connectivity index (χ0) is 13.3. The summed E-state index contributed by atoms with van der Waals surface area (Å²) in [6.07, 6.45) is 1.55. The van der Waals surface area contributed by atoms with Crippen molar-refractivity contribution in [1.82, 2.24) is 9.97 Å². The number of nitrogens with one attached hydrogen (secondary N) is 1. The van der Waals surface area contributed by atoms with E-state index in [9.17, 15) is 4.39 Å². The molecular weight excluding hydrogens is 317 g/mol. The highest BCUT2D eigenvalue weighted by Gasteiger charge is 2.18. The first-order valence-corrected chi connectivity index (χ1v) is 7.07. The smallest absolute Gasteiger partial charge is 0.188 e. The van der Waals surface area contributed by atoms with Gasteiger partial charge in [-0.25, -0.2) is 14.4 Å². The van der Waals surface area contributed by atoms with Gasteiger partial charge in [0.1, 0.15) is 0 Å². The van der Waals surface area contributed by atoms with Gasteiger partial charge in [0.05, 0.1) is 5.69 Å². The third-order valence-corrected chi connectivity index (χ3v) is 3.50. The standard InChI is InChI=1S/C12H13BrFN3S/c1-12(2,3)9-6-18-11(16-9)17-10-8(14)4-7(13)5-15-10/h4-6H,1-3H3,(H,15,16,17). The summed E-state index contributed by atoms with van der Waals surface area (Å²) < 4.78 is 14.2. The molecule has 0 aliphatic heterocycles. The first kappa shape index (κ1) is 13.4. The minimum atomic E-state index is -0.406. The monoisotopic (exact) mass is 329 g/mol. The molecule has 0 saturated carbocycles. The maximum atomic E-state index is 13.6. The molecule has 2 aromatic rings. The van der Waals surface area contributed by atoms with E-state index in [0.717, 1.165) is 5.69 Å². The molecule has 0 amide bonds. The maximum absolute atomic E-state index is 13.6. The lowest BCUT2D eigenvalue weighted by Gasteiger charge is -2.14. The third-order valence-electron chi connectivity index (χ3n) is 2.31. The molecule has 0 atom stereocenters. The second-order valence-electron chi connectivity index (χ2n) is 4.90. The molecule has 3 nitrogen and oxygen atoms in total. The number of halogens is 2. The fourth-order valence-electron chi connectivity index (χ4n) is 1.28. The molecule has 6 heteroatoms. The van der Waals surface area contributed by atoms with Crippen LogP contribution in [0.2, 0.25) is 0 Å². The molecule has 0 saturated heterocycles. The molecule has 0 aliphatic rings. The third kappa shape index (κ3) is 3.05. The van der Waals surface area contributed by atoms with Crippen molar-refractivity contribution in [3.8, 4) is 0 Å². The Balaban J connectivity index is 2.21. The fourth-order valence-corrected chi connectivity index (χ4v) is 2.52. The predicted octanol–water partition coefficient (Wildman–Crippen LogP) is 4.48. The predicted molar refractivity (Wildman–Crippen MR) is 76.0 cm³/mol. The Kier molecular flexibility index (Phi) is 3.68. The molecule has 1 N–H and O–H groups in total. The summed E-state index contributed by atoms with van der Waals surface area (Å²) >= 11 is 4.61. The van der Waals surface area contributed by atoms with Gasteiger partial charge >= 0.3 is 0 Å². The Hall–Kier alpha value is -1.01. The zero-order valence-electron chi connectivity index (χ0n) is 10.3. The molecule has 2 heterocycles. The van der Waals surface area contributed by atoms with E-state index in [0.29, 0.717) is 9.60 Å². The molecule has 0 aliphatic carbocycles. The minimum absolute atomic E-state index is 0.0118. The van der Waals surface area contributed by atoms with Gasteiger partial charge in [-0.1, -0.05) is 20.8 Å². The van der Waals surface area contributed by atoms with E-state index in [4.69, 9.17) is 0 Å². The first-order valence-electron chi connectivity index (χ1n) is 5.40. The van der Waals surface area contributed by atoms with E-state index in [1.54, 1.807) is 6.20 Å². The average molecular weight is 330 g/mol. The van der Waals surface area contributed by atoms with Crippen molar-refractivity contribution in [2.24, 2.45) is 0 Å². The van der Waals surface area contributed by atoms with Gasteiger partial charge in [-0.3, -0.25) is 0 Å². The van der Waals surface area contributed by atoms with Crippen molar-refractivity contribution >= 4 is 38.2 Å². The minimum Gasteiger partial charge on any atom is -0.314 e. The van der Waals surface area contributed by atoms with Crippen LogP contribution in [0.1, 0.15) is 26.5 Å². The molecule has 0 unspecified atom stereocenters. The summed E-state index contributed by atoms with van der Waals surface area (Å²) in [4.78, 5) is 8.41. The highest BCUT2D eigenvalue weighted by Crippen LogP contribution is 2.28. The number of hydrogen-bond acceptors (Lipinski definition) is 4. The lowest BCUT2D eigenvalue weighted by Crippen LogP contribution is -2.11. The molecule has 0 aromatic carbocycles. The van der Waals surface area contributed by atoms with E-state index >= 15 is 0 Å². The zero-order valence-corrected chi connectivity index (χ0v) is 12.7. The lowest BCUT2D eigenvalue weighted by atomic mass is 9.93. The summed E-state index contributed by atoms with van der Waals surface area (Å²) in [5.41, 5.74) is 0.967. The Morgan fingerprint density at radius 1 is 1.39 bits per heavy atom. The van der Waals surface area contributed by atoms with Crippen molar-refractivity contribution in [3.05, 3.63) is 33.6 Å². The van der Waals surface area contributed by atoms with E-state index in [2.05, 4.69) is 52.0 Å². The quantitative estimate of drug-likeness (QED) is 0.882. The lowest BCUT2D eigenvalue weighted by molar-refractivity contribution is 0.573. The van der Waals surface area contributed by atoms with E-state index in [1.165, 1.54) is 17.4 Å². The van der Waals surface area contributed by atoms with Crippen molar-refractivity contribution in [1.29, 1.82) is 0 Å². The molecular formula is C12H13BrFN3S. The molecule has 0 spiro atoms. The molecule has 96 valence electrons. The summed E-state index contributed by atoms with van der Waals surface area (Å²) in [5.74, 6) is -0.218. The largest absolute Gasteiger partial charge is 0.314 e. The van der Waals surface area contributed by atoms with E-state index in [-0.39, 0.29) is 11.2 Å². The van der Waals surface area contributed by atoms with Gasteiger partial charge in [0.25, 0.3) is 0 Å². The van der Waals surface area contributed by atoms with Crippen LogP contribution in [0.25, 0.3) is 0 Å². The van der Waals surface area contributed by atoms with Gasteiger partial charge in [-0.15, -0.1) is 11.3 Å². The molecule has 0 radical (unpaired) electrons. The van der Waals surface area contributed by atoms with Crippen LogP contribution in [-0.4, -0.2) is 9.97 Å². The fraction of sp³-hybridized carbons (Fsp3) is 0.333. The van der Waals surface area contributed by atoms with Crippen molar-refractivity contribution in [2.75, 3.05) is 5.32 Å². The Morgan fingerprint density at radius 2 is 2.11 bits per heavy atom. The Labute approximate surface area is 118 Å². The Bertz CT molecular complexity index is 563. The average Bonchev–Trinajstić information content (AvgIpc) is 2.70. The van der Waals surface area contributed by atoms with Crippen molar-refractivity contribution in [2.45, 2.75) is 26.2 Å². The van der Waals surface area contributed by atoms with Crippen molar-refractivity contribution < 1.29 is 4.39 Å². The molecule has 2 aromatic heterocycles. The number of hydrogen-bond donors (Lipinski definition) is 1. The van der Waals surface area contributed by atoms with Gasteiger partial charge in [-0.2, -0.15) is 0 Å². The van der Waals surface area contributed by atoms with Crippen LogP contribution < -0.4 is 5.32 Å². The highest BCUT2D eigenvalue weighted by molar-refractivity contribution is 9.10. The van der Waals surface area contributed by atoms with Crippen LogP contribution in [0.5, 0.6) is 0 Å². The van der Waals surface area contributed by atoms with Crippen molar-refractivity contribution in [3.63, 3.8) is 0 Å². The number of rotatable bonds is 2. The summed E-state index contributed by atoms with van der Waals surface area (Å²) in [7, 11) is 0. The summed E-state index contributed by atoms with van der Waals surface area (Å²) in [6.45, 7) is 6.26. The number of nitrogens with zero attached hydrogens (tertiary/aromatic N) is 2. The molecule has 0 fully saturated rings. The number of anilines is 2. The van der Waals surface area contributed by atoms with Crippen LogP contribution in [0.15, 0.2) is 22.1 Å². The summed E-state index contributed by atoms with van der Waals surface area (Å²) in [5, 5.41) is 5.51. The van der Waals surface area contributed by atoms with Crippen LogP contribution >= 0.6 is 27.3 Å². The number of pyridine rings is 1. The van der Waals surface area contributed by atoms with Crippen LogP contribution in [-0.2, 0) is 5.41 Å². The van der Waals surface area contributed by atoms with Crippen LogP contribution in [0, 0.1) is 5.82 Å². The second-order valence-corrected chi connectivity index (χ2v) is 6.67. The maximum Gasteiger partial charge on any atom is 0.188 e. The van der Waals surface area contributed by atoms with Gasteiger partial charge in [0.2, 0.25) is 0 Å². The van der Waals surface area contributed by atoms with Gasteiger partial charge in [0.15, 0.2) is 16.8 Å². The molecule has 2 rings (SSSR count). The second kappa shape index (κ2) is 4.93. The topological polar surface area (TPSA) is 37.8 Å². The van der Waals surface area contributed by atoms with E-state index < -0.39 is 5.82 Å². The van der Waals surface area contributed by atoms with Gasteiger partial charge in [-0.05, 0) is 22.0 Å². The van der Waals surface area contributed by atoms with Gasteiger partial charge in [0, 0.05) is 21.5 Å². The normalized spacial score (nSPS) is 11.6. The SMILES string of the molecule is CC(C)(C)c1csc(Nc2ncc(Br)cc2F)n1. The van der Waals surface area contributed by atoms with Crippen LogP contribution in [0.3, 0.4) is 0 Å². The number of aromatic nitrogens is 2.